The van der Waals surface area contributed by atoms with Gasteiger partial charge in [-0.2, -0.15) is 0 Å². The van der Waals surface area contributed by atoms with Crippen molar-refractivity contribution < 1.29 is 0 Å². The first kappa shape index (κ1) is 14.6. The normalized spacial score (nSPS) is 11.4. The van der Waals surface area contributed by atoms with Crippen LogP contribution < -0.4 is 5.73 Å². The minimum absolute atomic E-state index is 0.525. The molecule has 0 fully saturated rings. The Hall–Kier alpha value is -0.450. The van der Waals surface area contributed by atoms with Gasteiger partial charge in [-0.1, -0.05) is 19.1 Å². The van der Waals surface area contributed by atoms with Gasteiger partial charge in [-0.05, 0) is 32.4 Å². The molecule has 0 atom stereocenters. The second-order valence-corrected chi connectivity index (χ2v) is 6.28. The van der Waals surface area contributed by atoms with Gasteiger partial charge in [-0.15, -0.1) is 11.3 Å². The van der Waals surface area contributed by atoms with E-state index in [0.29, 0.717) is 11.0 Å². The Morgan fingerprint density at radius 2 is 2.06 bits per heavy atom. The number of hydrogen-bond donors (Lipinski definition) is 1. The molecule has 2 nitrogen and oxygen atoms in total. The average molecular weight is 270 g/mol. The third-order valence-corrected chi connectivity index (χ3v) is 4.22. The van der Waals surface area contributed by atoms with Crippen LogP contribution >= 0.6 is 23.6 Å². The van der Waals surface area contributed by atoms with Gasteiger partial charge in [0.2, 0.25) is 0 Å². The van der Waals surface area contributed by atoms with Crippen molar-refractivity contribution in [2.75, 3.05) is 6.54 Å². The molecule has 1 aromatic heterocycles. The molecule has 0 amide bonds. The highest BCUT2D eigenvalue weighted by atomic mass is 32.1. The second kappa shape index (κ2) is 7.09. The van der Waals surface area contributed by atoms with E-state index in [2.05, 4.69) is 37.8 Å². The van der Waals surface area contributed by atoms with E-state index in [9.17, 15) is 0 Å². The maximum Gasteiger partial charge on any atom is 0.0740 e. The van der Waals surface area contributed by atoms with E-state index in [1.165, 1.54) is 9.75 Å². The van der Waals surface area contributed by atoms with Crippen molar-refractivity contribution in [2.45, 2.75) is 46.2 Å². The van der Waals surface area contributed by atoms with Crippen LogP contribution in [0, 0.1) is 0 Å². The molecule has 0 bridgehead atoms. The van der Waals surface area contributed by atoms with Crippen LogP contribution in [0.25, 0.3) is 0 Å². The predicted molar refractivity (Wildman–Crippen MR) is 80.6 cm³/mol. The summed E-state index contributed by atoms with van der Waals surface area (Å²) in [6.45, 7) is 8.59. The first-order valence-electron chi connectivity index (χ1n) is 6.12. The van der Waals surface area contributed by atoms with E-state index in [-0.39, 0.29) is 0 Å². The molecule has 0 aliphatic rings. The maximum atomic E-state index is 5.57. The Balaban J connectivity index is 2.56. The fourth-order valence-electron chi connectivity index (χ4n) is 1.67. The maximum absolute atomic E-state index is 5.57. The Morgan fingerprint density at radius 3 is 2.53 bits per heavy atom. The summed E-state index contributed by atoms with van der Waals surface area (Å²) in [5.74, 6) is 0. The average Bonchev–Trinajstić information content (AvgIpc) is 2.71. The highest BCUT2D eigenvalue weighted by Gasteiger charge is 2.11. The fourth-order valence-corrected chi connectivity index (χ4v) is 2.75. The molecule has 96 valence electrons. The molecule has 17 heavy (non-hydrogen) atoms. The standard InChI is InChI=1S/C13H22N2S2/c1-4-11-5-6-12(17-11)9-15(10(2)3)8-7-13(14)16/h5-6,10H,4,7-9H2,1-3H3,(H2,14,16). The topological polar surface area (TPSA) is 29.3 Å². The van der Waals surface area contributed by atoms with E-state index in [1.807, 2.05) is 11.3 Å². The number of nitrogens with zero attached hydrogens (tertiary/aromatic N) is 1. The molecule has 1 rings (SSSR count). The van der Waals surface area contributed by atoms with Crippen LogP contribution in [0.15, 0.2) is 12.1 Å². The van der Waals surface area contributed by atoms with Crippen LogP contribution in [-0.4, -0.2) is 22.5 Å². The molecule has 0 aromatic carbocycles. The number of rotatable bonds is 7. The summed E-state index contributed by atoms with van der Waals surface area (Å²) in [5.41, 5.74) is 5.57. The third-order valence-electron chi connectivity index (χ3n) is 2.80. The van der Waals surface area contributed by atoms with Crippen LogP contribution in [0.1, 0.15) is 36.9 Å². The van der Waals surface area contributed by atoms with E-state index in [1.54, 1.807) is 0 Å². The van der Waals surface area contributed by atoms with Gasteiger partial charge in [0, 0.05) is 35.3 Å². The Kier molecular flexibility index (Phi) is 6.09. The van der Waals surface area contributed by atoms with Crippen molar-refractivity contribution in [1.82, 2.24) is 4.90 Å². The first-order valence-corrected chi connectivity index (χ1v) is 7.35. The van der Waals surface area contributed by atoms with Crippen molar-refractivity contribution in [1.29, 1.82) is 0 Å². The molecule has 0 aliphatic carbocycles. The molecule has 4 heteroatoms. The molecule has 1 aromatic rings. The highest BCUT2D eigenvalue weighted by Crippen LogP contribution is 2.19. The third kappa shape index (κ3) is 5.15. The zero-order chi connectivity index (χ0) is 12.8. The van der Waals surface area contributed by atoms with E-state index < -0.39 is 0 Å². The number of thiophene rings is 1. The fraction of sp³-hybridized carbons (Fsp3) is 0.615. The van der Waals surface area contributed by atoms with E-state index in [0.717, 1.165) is 25.9 Å². The number of hydrogen-bond acceptors (Lipinski definition) is 3. The lowest BCUT2D eigenvalue weighted by molar-refractivity contribution is 0.221. The van der Waals surface area contributed by atoms with Crippen LogP contribution in [0.2, 0.25) is 0 Å². The summed E-state index contributed by atoms with van der Waals surface area (Å²) >= 11 is 6.85. The largest absolute Gasteiger partial charge is 0.393 e. The van der Waals surface area contributed by atoms with Gasteiger partial charge in [-0.25, -0.2) is 0 Å². The lowest BCUT2D eigenvalue weighted by Crippen LogP contribution is -2.32. The molecular weight excluding hydrogens is 248 g/mol. The molecule has 0 spiro atoms. The molecule has 0 saturated carbocycles. The van der Waals surface area contributed by atoms with Gasteiger partial charge in [-0.3, -0.25) is 4.90 Å². The Labute approximate surface area is 114 Å². The molecular formula is C13H22N2S2. The van der Waals surface area contributed by atoms with Gasteiger partial charge in [0.05, 0.1) is 4.99 Å². The van der Waals surface area contributed by atoms with Crippen molar-refractivity contribution in [3.63, 3.8) is 0 Å². The molecule has 0 saturated heterocycles. The van der Waals surface area contributed by atoms with Crippen LogP contribution in [0.5, 0.6) is 0 Å². The number of aryl methyl sites for hydroxylation is 1. The summed E-state index contributed by atoms with van der Waals surface area (Å²) in [6.07, 6.45) is 1.93. The summed E-state index contributed by atoms with van der Waals surface area (Å²) in [7, 11) is 0. The zero-order valence-electron chi connectivity index (χ0n) is 10.9. The highest BCUT2D eigenvalue weighted by molar-refractivity contribution is 7.80. The van der Waals surface area contributed by atoms with E-state index >= 15 is 0 Å². The van der Waals surface area contributed by atoms with Crippen LogP contribution in [0.3, 0.4) is 0 Å². The molecule has 0 radical (unpaired) electrons. The summed E-state index contributed by atoms with van der Waals surface area (Å²) in [5, 5.41) is 0. The Morgan fingerprint density at radius 1 is 1.41 bits per heavy atom. The minimum atomic E-state index is 0.525. The van der Waals surface area contributed by atoms with Crippen molar-refractivity contribution in [2.24, 2.45) is 5.73 Å². The lowest BCUT2D eigenvalue weighted by atomic mass is 10.2. The summed E-state index contributed by atoms with van der Waals surface area (Å²) in [4.78, 5) is 5.91. The monoisotopic (exact) mass is 270 g/mol. The Bertz CT molecular complexity index is 358. The quantitative estimate of drug-likeness (QED) is 0.772. The molecule has 2 N–H and O–H groups in total. The minimum Gasteiger partial charge on any atom is -0.393 e. The van der Waals surface area contributed by atoms with Gasteiger partial charge in [0.25, 0.3) is 0 Å². The van der Waals surface area contributed by atoms with Crippen molar-refractivity contribution >= 4 is 28.5 Å². The smallest absolute Gasteiger partial charge is 0.0740 e. The van der Waals surface area contributed by atoms with Crippen molar-refractivity contribution in [3.8, 4) is 0 Å². The molecule has 1 heterocycles. The second-order valence-electron chi connectivity index (χ2n) is 4.50. The van der Waals surface area contributed by atoms with E-state index in [4.69, 9.17) is 18.0 Å². The zero-order valence-corrected chi connectivity index (χ0v) is 12.5. The predicted octanol–water partition coefficient (Wildman–Crippen LogP) is 3.20. The van der Waals surface area contributed by atoms with Gasteiger partial charge in [0.1, 0.15) is 0 Å². The van der Waals surface area contributed by atoms with Gasteiger partial charge in [0.15, 0.2) is 0 Å². The van der Waals surface area contributed by atoms with Crippen molar-refractivity contribution in [3.05, 3.63) is 21.9 Å². The van der Waals surface area contributed by atoms with Crippen LogP contribution in [0.4, 0.5) is 0 Å². The van der Waals surface area contributed by atoms with Crippen LogP contribution in [-0.2, 0) is 13.0 Å². The SMILES string of the molecule is CCc1ccc(CN(CCC(N)=S)C(C)C)s1. The summed E-state index contributed by atoms with van der Waals surface area (Å²) < 4.78 is 0. The number of nitrogens with two attached hydrogens (primary N) is 1. The first-order chi connectivity index (χ1) is 8.02. The molecule has 0 aliphatic heterocycles. The van der Waals surface area contributed by atoms with Gasteiger partial charge >= 0.3 is 0 Å². The molecule has 0 unspecified atom stereocenters. The van der Waals surface area contributed by atoms with Gasteiger partial charge < -0.3 is 5.73 Å². The summed E-state index contributed by atoms with van der Waals surface area (Å²) in [6, 6.07) is 4.99. The number of thiocarbonyl (C=S) groups is 1. The lowest BCUT2D eigenvalue weighted by Gasteiger charge is -2.25.